The van der Waals surface area contributed by atoms with E-state index in [-0.39, 0.29) is 18.5 Å². The molecule has 0 amide bonds. The molecule has 0 aromatic heterocycles. The molecule has 0 saturated carbocycles. The van der Waals surface area contributed by atoms with Gasteiger partial charge in [-0.2, -0.15) is 0 Å². The third-order valence-electron chi connectivity index (χ3n) is 2.28. The van der Waals surface area contributed by atoms with Crippen LogP contribution in [0.1, 0.15) is 18.5 Å². The molecule has 1 atom stereocenters. The van der Waals surface area contributed by atoms with E-state index in [4.69, 9.17) is 9.84 Å². The summed E-state index contributed by atoms with van der Waals surface area (Å²) in [5, 5.41) is 11.7. The van der Waals surface area contributed by atoms with E-state index in [0.717, 1.165) is 5.56 Å². The van der Waals surface area contributed by atoms with Crippen molar-refractivity contribution in [2.24, 2.45) is 0 Å². The van der Waals surface area contributed by atoms with Crippen molar-refractivity contribution in [1.29, 1.82) is 0 Å². The van der Waals surface area contributed by atoms with Crippen molar-refractivity contribution in [3.63, 3.8) is 0 Å². The van der Waals surface area contributed by atoms with E-state index in [1.807, 2.05) is 13.0 Å². The molecule has 0 bridgehead atoms. The van der Waals surface area contributed by atoms with E-state index in [1.54, 1.807) is 6.07 Å². The fourth-order valence-corrected chi connectivity index (χ4v) is 1.41. The molecule has 0 aliphatic rings. The van der Waals surface area contributed by atoms with E-state index in [2.05, 4.69) is 5.32 Å². The van der Waals surface area contributed by atoms with Crippen LogP contribution in [0.5, 0.6) is 0 Å². The predicted octanol–water partition coefficient (Wildman–Crippen LogP) is 1.49. The van der Waals surface area contributed by atoms with Crippen LogP contribution in [0.4, 0.5) is 4.39 Å². The number of hydrogen-bond acceptors (Lipinski definition) is 3. The first-order valence-corrected chi connectivity index (χ1v) is 5.41. The quantitative estimate of drug-likeness (QED) is 0.693. The summed E-state index contributed by atoms with van der Waals surface area (Å²) in [5.74, 6) is -0.220. The van der Waals surface area contributed by atoms with Gasteiger partial charge in [0.1, 0.15) is 5.82 Å². The standard InChI is InChI=1S/C12H18FNO2/c1-10(14-5-7-16-8-6-15)11-3-2-4-12(13)9-11/h2-4,9-10,14-15H,5-8H2,1H3/t10-/m0/s1. The first kappa shape index (κ1) is 13.1. The molecule has 0 aliphatic heterocycles. The molecular formula is C12H18FNO2. The highest BCUT2D eigenvalue weighted by Crippen LogP contribution is 2.12. The summed E-state index contributed by atoms with van der Waals surface area (Å²) < 4.78 is 18.0. The summed E-state index contributed by atoms with van der Waals surface area (Å²) in [7, 11) is 0. The van der Waals surface area contributed by atoms with Gasteiger partial charge in [0.25, 0.3) is 0 Å². The Labute approximate surface area is 95.2 Å². The van der Waals surface area contributed by atoms with E-state index in [1.165, 1.54) is 12.1 Å². The molecule has 1 aromatic carbocycles. The summed E-state index contributed by atoms with van der Waals surface area (Å²) in [6, 6.07) is 6.63. The SMILES string of the molecule is C[C@H](NCCOCCO)c1cccc(F)c1. The van der Waals surface area contributed by atoms with Crippen molar-refractivity contribution in [2.75, 3.05) is 26.4 Å². The Morgan fingerprint density at radius 2 is 2.25 bits per heavy atom. The molecular weight excluding hydrogens is 209 g/mol. The van der Waals surface area contributed by atoms with Gasteiger partial charge in [0, 0.05) is 12.6 Å². The van der Waals surface area contributed by atoms with Gasteiger partial charge < -0.3 is 15.2 Å². The molecule has 0 saturated heterocycles. The minimum absolute atomic E-state index is 0.0411. The Kier molecular flexibility index (Phi) is 6.00. The lowest BCUT2D eigenvalue weighted by atomic mass is 10.1. The monoisotopic (exact) mass is 227 g/mol. The second kappa shape index (κ2) is 7.33. The van der Waals surface area contributed by atoms with Gasteiger partial charge in [-0.1, -0.05) is 12.1 Å². The average Bonchev–Trinajstić information content (AvgIpc) is 2.28. The van der Waals surface area contributed by atoms with Crippen LogP contribution in [0.25, 0.3) is 0 Å². The van der Waals surface area contributed by atoms with Gasteiger partial charge in [-0.3, -0.25) is 0 Å². The molecule has 0 heterocycles. The fraction of sp³-hybridized carbons (Fsp3) is 0.500. The van der Waals surface area contributed by atoms with Gasteiger partial charge in [-0.25, -0.2) is 4.39 Å². The smallest absolute Gasteiger partial charge is 0.123 e. The highest BCUT2D eigenvalue weighted by molar-refractivity contribution is 5.19. The molecule has 16 heavy (non-hydrogen) atoms. The van der Waals surface area contributed by atoms with E-state index in [9.17, 15) is 4.39 Å². The normalized spacial score (nSPS) is 12.7. The van der Waals surface area contributed by atoms with Gasteiger partial charge in [0.2, 0.25) is 0 Å². The maximum absolute atomic E-state index is 12.9. The van der Waals surface area contributed by atoms with Crippen molar-refractivity contribution >= 4 is 0 Å². The minimum Gasteiger partial charge on any atom is -0.394 e. The number of aliphatic hydroxyl groups is 1. The van der Waals surface area contributed by atoms with Gasteiger partial charge in [-0.15, -0.1) is 0 Å². The second-order valence-electron chi connectivity index (χ2n) is 3.57. The number of aliphatic hydroxyl groups excluding tert-OH is 1. The molecule has 1 aromatic rings. The third-order valence-corrected chi connectivity index (χ3v) is 2.28. The average molecular weight is 227 g/mol. The molecule has 90 valence electrons. The number of rotatable bonds is 7. The Bertz CT molecular complexity index is 307. The Morgan fingerprint density at radius 1 is 1.44 bits per heavy atom. The molecule has 4 heteroatoms. The molecule has 1 rings (SSSR count). The zero-order valence-corrected chi connectivity index (χ0v) is 9.45. The highest BCUT2D eigenvalue weighted by atomic mass is 19.1. The Hall–Kier alpha value is -0.970. The van der Waals surface area contributed by atoms with Crippen molar-refractivity contribution in [2.45, 2.75) is 13.0 Å². The zero-order chi connectivity index (χ0) is 11.8. The molecule has 0 aliphatic carbocycles. The van der Waals surface area contributed by atoms with Crippen molar-refractivity contribution in [3.05, 3.63) is 35.6 Å². The van der Waals surface area contributed by atoms with Crippen LogP contribution in [0.3, 0.4) is 0 Å². The largest absolute Gasteiger partial charge is 0.394 e. The van der Waals surface area contributed by atoms with Gasteiger partial charge in [0.15, 0.2) is 0 Å². The summed E-state index contributed by atoms with van der Waals surface area (Å²) >= 11 is 0. The number of halogens is 1. The van der Waals surface area contributed by atoms with Crippen LogP contribution in [-0.2, 0) is 4.74 Å². The third kappa shape index (κ3) is 4.70. The lowest BCUT2D eigenvalue weighted by Gasteiger charge is -2.14. The predicted molar refractivity (Wildman–Crippen MR) is 60.7 cm³/mol. The summed E-state index contributed by atoms with van der Waals surface area (Å²) in [6.45, 7) is 3.59. The Morgan fingerprint density at radius 3 is 2.94 bits per heavy atom. The summed E-state index contributed by atoms with van der Waals surface area (Å²) in [6.07, 6.45) is 0. The molecule has 0 unspecified atom stereocenters. The van der Waals surface area contributed by atoms with Gasteiger partial charge in [0.05, 0.1) is 19.8 Å². The molecule has 0 fully saturated rings. The van der Waals surface area contributed by atoms with Crippen LogP contribution < -0.4 is 5.32 Å². The summed E-state index contributed by atoms with van der Waals surface area (Å²) in [4.78, 5) is 0. The number of ether oxygens (including phenoxy) is 1. The van der Waals surface area contributed by atoms with Gasteiger partial charge in [-0.05, 0) is 24.6 Å². The van der Waals surface area contributed by atoms with Crippen LogP contribution in [0.2, 0.25) is 0 Å². The first-order valence-electron chi connectivity index (χ1n) is 5.41. The number of benzene rings is 1. The van der Waals surface area contributed by atoms with Crippen LogP contribution >= 0.6 is 0 Å². The lowest BCUT2D eigenvalue weighted by molar-refractivity contribution is 0.0928. The topological polar surface area (TPSA) is 41.5 Å². The van der Waals surface area contributed by atoms with Crippen molar-refractivity contribution in [1.82, 2.24) is 5.32 Å². The van der Waals surface area contributed by atoms with E-state index < -0.39 is 0 Å². The summed E-state index contributed by atoms with van der Waals surface area (Å²) in [5.41, 5.74) is 0.919. The second-order valence-corrected chi connectivity index (χ2v) is 3.57. The number of hydrogen-bond donors (Lipinski definition) is 2. The zero-order valence-electron chi connectivity index (χ0n) is 9.45. The minimum atomic E-state index is -0.220. The first-order chi connectivity index (χ1) is 7.74. The maximum Gasteiger partial charge on any atom is 0.123 e. The Balaban J connectivity index is 2.27. The molecule has 0 spiro atoms. The fourth-order valence-electron chi connectivity index (χ4n) is 1.41. The number of nitrogens with one attached hydrogen (secondary N) is 1. The van der Waals surface area contributed by atoms with Crippen LogP contribution in [0.15, 0.2) is 24.3 Å². The highest BCUT2D eigenvalue weighted by Gasteiger charge is 2.04. The molecule has 2 N–H and O–H groups in total. The molecule has 0 radical (unpaired) electrons. The van der Waals surface area contributed by atoms with E-state index in [0.29, 0.717) is 19.8 Å². The molecule has 3 nitrogen and oxygen atoms in total. The van der Waals surface area contributed by atoms with Crippen molar-refractivity contribution in [3.8, 4) is 0 Å². The van der Waals surface area contributed by atoms with Crippen LogP contribution in [-0.4, -0.2) is 31.5 Å². The maximum atomic E-state index is 12.9. The van der Waals surface area contributed by atoms with E-state index >= 15 is 0 Å². The lowest BCUT2D eigenvalue weighted by Crippen LogP contribution is -2.23. The van der Waals surface area contributed by atoms with Gasteiger partial charge >= 0.3 is 0 Å². The van der Waals surface area contributed by atoms with Crippen molar-refractivity contribution < 1.29 is 14.2 Å². The van der Waals surface area contributed by atoms with Crippen LogP contribution in [0, 0.1) is 5.82 Å².